The number of nitrogens with two attached hydrogens (primary N) is 1. The Kier molecular flexibility index (Phi) is 6.16. The van der Waals surface area contributed by atoms with Crippen LogP contribution in [0.3, 0.4) is 0 Å². The summed E-state index contributed by atoms with van der Waals surface area (Å²) >= 11 is 0. The first-order valence-corrected chi connectivity index (χ1v) is 8.54. The van der Waals surface area contributed by atoms with Crippen molar-refractivity contribution in [3.63, 3.8) is 0 Å². The van der Waals surface area contributed by atoms with Crippen molar-refractivity contribution in [3.8, 4) is 0 Å². The van der Waals surface area contributed by atoms with Gasteiger partial charge in [0.15, 0.2) is 5.82 Å². The molecule has 3 heterocycles. The fourth-order valence-electron chi connectivity index (χ4n) is 2.30. The van der Waals surface area contributed by atoms with Crippen LogP contribution < -0.4 is 11.1 Å². The second-order valence-electron chi connectivity index (χ2n) is 5.93. The molecule has 7 nitrogen and oxygen atoms in total. The molecule has 0 spiro atoms. The molecule has 10 heteroatoms. The lowest BCUT2D eigenvalue weighted by Gasteiger charge is -2.09. The third-order valence-corrected chi connectivity index (χ3v) is 3.76. The number of allylic oxidation sites excluding steroid dienone is 1. The maximum atomic E-state index is 13.4. The Morgan fingerprint density at radius 1 is 1.00 bits per heavy atom. The van der Waals surface area contributed by atoms with Crippen LogP contribution in [0.1, 0.15) is 15.9 Å². The Labute approximate surface area is 169 Å². The van der Waals surface area contributed by atoms with Crippen LogP contribution in [-0.2, 0) is 0 Å². The van der Waals surface area contributed by atoms with E-state index in [1.165, 1.54) is 61.3 Å². The van der Waals surface area contributed by atoms with Crippen molar-refractivity contribution in [2.24, 2.45) is 10.7 Å². The summed E-state index contributed by atoms with van der Waals surface area (Å²) in [6.07, 6.45) is 2.94. The minimum atomic E-state index is -4.75. The molecule has 3 N–H and O–H groups in total. The van der Waals surface area contributed by atoms with Gasteiger partial charge in [0.25, 0.3) is 5.91 Å². The molecule has 0 aromatic carbocycles. The lowest BCUT2D eigenvalue weighted by molar-refractivity contribution is -0.0576. The van der Waals surface area contributed by atoms with Crippen molar-refractivity contribution in [1.29, 1.82) is 0 Å². The Bertz CT molecular complexity index is 1070. The molecule has 0 saturated heterocycles. The summed E-state index contributed by atoms with van der Waals surface area (Å²) in [5.74, 6) is -0.599. The highest BCUT2D eigenvalue weighted by atomic mass is 19.4. The summed E-state index contributed by atoms with van der Waals surface area (Å²) < 4.78 is 40.2. The monoisotopic (exact) mass is 412 g/mol. The number of nitrogens with one attached hydrogen (secondary N) is 1. The highest BCUT2D eigenvalue weighted by Crippen LogP contribution is 2.24. The predicted molar refractivity (Wildman–Crippen MR) is 106 cm³/mol. The number of carbonyl (C=O) groups is 1. The highest BCUT2D eigenvalue weighted by Gasteiger charge is 2.34. The number of aromatic nitrogens is 3. The zero-order chi connectivity index (χ0) is 21.6. The number of pyridine rings is 3. The molecular formula is C20H15F3N6O. The van der Waals surface area contributed by atoms with Gasteiger partial charge < -0.3 is 11.1 Å². The van der Waals surface area contributed by atoms with Gasteiger partial charge in [0.1, 0.15) is 5.71 Å². The van der Waals surface area contributed by atoms with Crippen LogP contribution in [-0.4, -0.2) is 32.7 Å². The number of amides is 1. The van der Waals surface area contributed by atoms with Crippen LogP contribution in [0.4, 0.5) is 24.7 Å². The number of carbonyl (C=O) groups excluding carboxylic acids is 1. The van der Waals surface area contributed by atoms with Gasteiger partial charge in [0.05, 0.1) is 11.9 Å². The van der Waals surface area contributed by atoms with E-state index >= 15 is 0 Å². The molecule has 152 valence electrons. The molecule has 0 aliphatic carbocycles. The number of alkyl halides is 3. The minimum absolute atomic E-state index is 0.139. The Balaban J connectivity index is 1.81. The van der Waals surface area contributed by atoms with Crippen LogP contribution >= 0.6 is 0 Å². The first kappa shape index (κ1) is 20.6. The third-order valence-electron chi connectivity index (χ3n) is 3.76. The fourth-order valence-corrected chi connectivity index (χ4v) is 2.30. The van der Waals surface area contributed by atoms with E-state index in [4.69, 9.17) is 5.73 Å². The van der Waals surface area contributed by atoms with E-state index in [0.717, 1.165) is 6.08 Å². The molecule has 30 heavy (non-hydrogen) atoms. The maximum Gasteiger partial charge on any atom is 0.433 e. The first-order chi connectivity index (χ1) is 14.3. The van der Waals surface area contributed by atoms with Crippen molar-refractivity contribution in [3.05, 3.63) is 84.6 Å². The molecule has 3 aromatic rings. The van der Waals surface area contributed by atoms with Gasteiger partial charge in [0, 0.05) is 41.6 Å². The van der Waals surface area contributed by atoms with Gasteiger partial charge in [-0.2, -0.15) is 13.2 Å². The highest BCUT2D eigenvalue weighted by molar-refractivity contribution is 6.05. The molecule has 0 unspecified atom stereocenters. The largest absolute Gasteiger partial charge is 0.433 e. The van der Waals surface area contributed by atoms with Crippen LogP contribution in [0, 0.1) is 0 Å². The van der Waals surface area contributed by atoms with Crippen molar-refractivity contribution in [2.75, 3.05) is 5.32 Å². The molecule has 0 radical (unpaired) electrons. The quantitative estimate of drug-likeness (QED) is 0.621. The predicted octanol–water partition coefficient (Wildman–Crippen LogP) is 3.76. The zero-order valence-electron chi connectivity index (χ0n) is 15.3. The van der Waals surface area contributed by atoms with Gasteiger partial charge in [0.2, 0.25) is 0 Å². The maximum absolute atomic E-state index is 13.4. The van der Waals surface area contributed by atoms with Crippen molar-refractivity contribution >= 4 is 28.8 Å². The van der Waals surface area contributed by atoms with Crippen LogP contribution in [0.5, 0.6) is 0 Å². The number of rotatable bonds is 5. The van der Waals surface area contributed by atoms with E-state index in [0.29, 0.717) is 16.8 Å². The average molecular weight is 412 g/mol. The second kappa shape index (κ2) is 8.95. The van der Waals surface area contributed by atoms with E-state index in [2.05, 4.69) is 25.3 Å². The molecule has 0 bridgehead atoms. The summed E-state index contributed by atoms with van der Waals surface area (Å²) in [6.45, 7) is 0. The molecule has 0 atom stereocenters. The van der Waals surface area contributed by atoms with Gasteiger partial charge >= 0.3 is 6.18 Å². The van der Waals surface area contributed by atoms with E-state index in [1.807, 2.05) is 0 Å². The summed E-state index contributed by atoms with van der Waals surface area (Å²) in [6, 6.07) is 8.79. The molecule has 0 aliphatic heterocycles. The summed E-state index contributed by atoms with van der Waals surface area (Å²) in [7, 11) is 0. The van der Waals surface area contributed by atoms with Crippen molar-refractivity contribution in [2.45, 2.75) is 6.18 Å². The SMILES string of the molecule is NC(=CC(=Nc1ccc(NC(=O)c2ccncc2)cn1)C(F)(F)F)c1cccnc1. The molecule has 3 aromatic heterocycles. The van der Waals surface area contributed by atoms with E-state index < -0.39 is 17.8 Å². The van der Waals surface area contributed by atoms with Gasteiger partial charge in [-0.15, -0.1) is 0 Å². The average Bonchev–Trinajstić information content (AvgIpc) is 2.75. The van der Waals surface area contributed by atoms with Crippen LogP contribution in [0.25, 0.3) is 5.70 Å². The van der Waals surface area contributed by atoms with Gasteiger partial charge in [-0.05, 0) is 42.5 Å². The van der Waals surface area contributed by atoms with Gasteiger partial charge in [-0.3, -0.25) is 14.8 Å². The Morgan fingerprint density at radius 2 is 1.77 bits per heavy atom. The minimum Gasteiger partial charge on any atom is -0.398 e. The number of nitrogens with zero attached hydrogens (tertiary/aromatic N) is 4. The van der Waals surface area contributed by atoms with Crippen LogP contribution in [0.15, 0.2) is 78.5 Å². The third kappa shape index (κ3) is 5.47. The number of halogens is 3. The lowest BCUT2D eigenvalue weighted by atomic mass is 10.2. The standard InChI is InChI=1S/C20H15F3N6O/c21-20(22,23)17(10-16(24)14-2-1-7-26-11-14)29-18-4-3-15(12-27-18)28-19(30)13-5-8-25-9-6-13/h1-12H,24H2,(H,28,30). The number of aliphatic imine (C=N–C) groups is 1. The number of hydrogen-bond donors (Lipinski definition) is 2. The fraction of sp³-hybridized carbons (Fsp3) is 0.0500. The van der Waals surface area contributed by atoms with E-state index in [1.54, 1.807) is 6.07 Å². The molecule has 0 saturated carbocycles. The zero-order valence-corrected chi connectivity index (χ0v) is 15.3. The molecular weight excluding hydrogens is 397 g/mol. The smallest absolute Gasteiger partial charge is 0.398 e. The molecule has 0 aliphatic rings. The van der Waals surface area contributed by atoms with Crippen molar-refractivity contribution < 1.29 is 18.0 Å². The van der Waals surface area contributed by atoms with Gasteiger partial charge in [-0.25, -0.2) is 9.98 Å². The first-order valence-electron chi connectivity index (χ1n) is 8.54. The Hall–Kier alpha value is -4.08. The summed E-state index contributed by atoms with van der Waals surface area (Å²) in [5.41, 5.74) is 5.40. The second-order valence-corrected chi connectivity index (χ2v) is 5.93. The number of hydrogen-bond acceptors (Lipinski definition) is 6. The van der Waals surface area contributed by atoms with Crippen molar-refractivity contribution in [1.82, 2.24) is 15.0 Å². The number of anilines is 1. The van der Waals surface area contributed by atoms with Gasteiger partial charge in [-0.1, -0.05) is 0 Å². The Morgan fingerprint density at radius 3 is 2.37 bits per heavy atom. The summed E-state index contributed by atoms with van der Waals surface area (Å²) in [4.78, 5) is 27.2. The van der Waals surface area contributed by atoms with E-state index in [9.17, 15) is 18.0 Å². The molecule has 1 amide bonds. The molecule has 3 rings (SSSR count). The van der Waals surface area contributed by atoms with E-state index in [-0.39, 0.29) is 11.5 Å². The normalized spacial score (nSPS) is 12.5. The van der Waals surface area contributed by atoms with Crippen LogP contribution in [0.2, 0.25) is 0 Å². The summed E-state index contributed by atoms with van der Waals surface area (Å²) in [5, 5.41) is 2.58. The molecule has 0 fully saturated rings. The lowest BCUT2D eigenvalue weighted by Crippen LogP contribution is -2.22. The topological polar surface area (TPSA) is 106 Å².